The quantitative estimate of drug-likeness (QED) is 0.440. The number of rotatable bonds is 4. The SMILES string of the molecule is Cc1cc(NC(=S)NC(=O)c2ccc(Cl)c(Cl)c2)ccc1NC(=O)c1ccccc1. The average Bonchev–Trinajstić information content (AvgIpc) is 2.72. The van der Waals surface area contributed by atoms with E-state index in [0.29, 0.717) is 27.5 Å². The highest BCUT2D eigenvalue weighted by Gasteiger charge is 2.11. The largest absolute Gasteiger partial charge is 0.332 e. The van der Waals surface area contributed by atoms with Crippen molar-refractivity contribution in [1.29, 1.82) is 0 Å². The summed E-state index contributed by atoms with van der Waals surface area (Å²) in [6.45, 7) is 1.86. The minimum Gasteiger partial charge on any atom is -0.332 e. The molecule has 0 saturated carbocycles. The van der Waals surface area contributed by atoms with Crippen molar-refractivity contribution in [2.75, 3.05) is 10.6 Å². The number of hydrogen-bond acceptors (Lipinski definition) is 3. The highest BCUT2D eigenvalue weighted by molar-refractivity contribution is 7.80. The highest BCUT2D eigenvalue weighted by Crippen LogP contribution is 2.23. The fourth-order valence-electron chi connectivity index (χ4n) is 2.64. The number of benzene rings is 3. The van der Waals surface area contributed by atoms with E-state index in [-0.39, 0.29) is 16.0 Å². The van der Waals surface area contributed by atoms with Crippen molar-refractivity contribution >= 4 is 63.7 Å². The van der Waals surface area contributed by atoms with Gasteiger partial charge in [-0.3, -0.25) is 14.9 Å². The number of carbonyl (C=O) groups excluding carboxylic acids is 2. The summed E-state index contributed by atoms with van der Waals surface area (Å²) in [6.07, 6.45) is 0. The first-order valence-electron chi connectivity index (χ1n) is 8.88. The lowest BCUT2D eigenvalue weighted by atomic mass is 10.1. The van der Waals surface area contributed by atoms with E-state index in [9.17, 15) is 9.59 Å². The molecule has 3 aromatic carbocycles. The molecule has 30 heavy (non-hydrogen) atoms. The Kier molecular flexibility index (Phi) is 7.05. The normalized spacial score (nSPS) is 10.2. The Morgan fingerprint density at radius 2 is 1.53 bits per heavy atom. The molecule has 0 spiro atoms. The summed E-state index contributed by atoms with van der Waals surface area (Å²) < 4.78 is 0. The summed E-state index contributed by atoms with van der Waals surface area (Å²) in [7, 11) is 0. The number of anilines is 2. The molecule has 8 heteroatoms. The molecule has 0 saturated heterocycles. The molecule has 3 N–H and O–H groups in total. The van der Waals surface area contributed by atoms with Crippen LogP contribution in [0, 0.1) is 6.92 Å². The zero-order chi connectivity index (χ0) is 21.7. The summed E-state index contributed by atoms with van der Waals surface area (Å²) in [5.41, 5.74) is 3.10. The van der Waals surface area contributed by atoms with Gasteiger partial charge in [0.05, 0.1) is 10.0 Å². The van der Waals surface area contributed by atoms with Crippen LogP contribution in [-0.4, -0.2) is 16.9 Å². The van der Waals surface area contributed by atoms with Gasteiger partial charge < -0.3 is 10.6 Å². The lowest BCUT2D eigenvalue weighted by molar-refractivity contribution is 0.0976. The molecule has 0 aromatic heterocycles. The number of nitrogens with one attached hydrogen (secondary N) is 3. The third-order valence-corrected chi connectivity index (χ3v) is 5.12. The molecule has 0 bridgehead atoms. The third kappa shape index (κ3) is 5.57. The van der Waals surface area contributed by atoms with Crippen LogP contribution in [0.25, 0.3) is 0 Å². The van der Waals surface area contributed by atoms with E-state index in [1.54, 1.807) is 36.4 Å². The summed E-state index contributed by atoms with van der Waals surface area (Å²) in [4.78, 5) is 24.6. The smallest absolute Gasteiger partial charge is 0.257 e. The molecule has 0 aliphatic rings. The van der Waals surface area contributed by atoms with E-state index < -0.39 is 5.91 Å². The summed E-state index contributed by atoms with van der Waals surface area (Å²) >= 11 is 17.0. The van der Waals surface area contributed by atoms with E-state index in [0.717, 1.165) is 5.56 Å². The number of carbonyl (C=O) groups is 2. The van der Waals surface area contributed by atoms with Gasteiger partial charge >= 0.3 is 0 Å². The van der Waals surface area contributed by atoms with Gasteiger partial charge in [0.15, 0.2) is 5.11 Å². The second-order valence-electron chi connectivity index (χ2n) is 6.39. The molecule has 2 amide bonds. The second kappa shape index (κ2) is 9.71. The molecule has 0 heterocycles. The van der Waals surface area contributed by atoms with Crippen LogP contribution in [0.5, 0.6) is 0 Å². The monoisotopic (exact) mass is 457 g/mol. The Hall–Kier alpha value is -2.93. The van der Waals surface area contributed by atoms with Crippen LogP contribution in [0.3, 0.4) is 0 Å². The van der Waals surface area contributed by atoms with Gasteiger partial charge in [-0.05, 0) is 73.2 Å². The number of amides is 2. The number of aryl methyl sites for hydroxylation is 1. The average molecular weight is 458 g/mol. The Bertz CT molecular complexity index is 1120. The molecule has 3 aromatic rings. The van der Waals surface area contributed by atoms with E-state index in [2.05, 4.69) is 16.0 Å². The Balaban J connectivity index is 1.62. The molecule has 5 nitrogen and oxygen atoms in total. The molecule has 0 radical (unpaired) electrons. The summed E-state index contributed by atoms with van der Waals surface area (Å²) in [6, 6.07) is 18.9. The Labute approximate surface area is 189 Å². The minimum atomic E-state index is -0.408. The van der Waals surface area contributed by atoms with Gasteiger partial charge in [-0.15, -0.1) is 0 Å². The van der Waals surface area contributed by atoms with Crippen LogP contribution < -0.4 is 16.0 Å². The van der Waals surface area contributed by atoms with Crippen molar-refractivity contribution in [3.63, 3.8) is 0 Å². The zero-order valence-electron chi connectivity index (χ0n) is 15.8. The predicted molar refractivity (Wildman–Crippen MR) is 126 cm³/mol. The van der Waals surface area contributed by atoms with Crippen molar-refractivity contribution in [3.05, 3.63) is 93.5 Å². The van der Waals surface area contributed by atoms with E-state index in [4.69, 9.17) is 35.4 Å². The van der Waals surface area contributed by atoms with Gasteiger partial charge in [-0.1, -0.05) is 41.4 Å². The molecule has 0 atom stereocenters. The minimum absolute atomic E-state index is 0.131. The maximum atomic E-state index is 12.3. The maximum Gasteiger partial charge on any atom is 0.257 e. The maximum absolute atomic E-state index is 12.3. The van der Waals surface area contributed by atoms with Gasteiger partial charge in [0.1, 0.15) is 0 Å². The van der Waals surface area contributed by atoms with E-state index >= 15 is 0 Å². The van der Waals surface area contributed by atoms with Gasteiger partial charge in [-0.25, -0.2) is 0 Å². The molecule has 3 rings (SSSR count). The third-order valence-electron chi connectivity index (χ3n) is 4.18. The van der Waals surface area contributed by atoms with Crippen LogP contribution in [0.1, 0.15) is 26.3 Å². The molecular formula is C22H17Cl2N3O2S. The molecule has 0 fully saturated rings. The van der Waals surface area contributed by atoms with Crippen molar-refractivity contribution in [2.45, 2.75) is 6.92 Å². The lowest BCUT2D eigenvalue weighted by Crippen LogP contribution is -2.34. The van der Waals surface area contributed by atoms with Crippen LogP contribution in [-0.2, 0) is 0 Å². The van der Waals surface area contributed by atoms with Crippen LogP contribution in [0.2, 0.25) is 10.0 Å². The first kappa shape index (κ1) is 21.8. The van der Waals surface area contributed by atoms with Crippen LogP contribution in [0.4, 0.5) is 11.4 Å². The predicted octanol–water partition coefficient (Wildman–Crippen LogP) is 5.68. The number of hydrogen-bond donors (Lipinski definition) is 3. The fraction of sp³-hybridized carbons (Fsp3) is 0.0455. The number of halogens is 2. The zero-order valence-corrected chi connectivity index (χ0v) is 18.2. The lowest BCUT2D eigenvalue weighted by Gasteiger charge is -2.13. The first-order valence-corrected chi connectivity index (χ1v) is 10.0. The molecule has 152 valence electrons. The highest BCUT2D eigenvalue weighted by atomic mass is 35.5. The van der Waals surface area contributed by atoms with Gasteiger partial charge in [-0.2, -0.15) is 0 Å². The Morgan fingerprint density at radius 3 is 2.20 bits per heavy atom. The van der Waals surface area contributed by atoms with E-state index in [1.807, 2.05) is 31.2 Å². The second-order valence-corrected chi connectivity index (χ2v) is 7.61. The van der Waals surface area contributed by atoms with Crippen molar-refractivity contribution in [1.82, 2.24) is 5.32 Å². The van der Waals surface area contributed by atoms with E-state index in [1.165, 1.54) is 6.07 Å². The topological polar surface area (TPSA) is 70.2 Å². The summed E-state index contributed by atoms with van der Waals surface area (Å²) in [5.74, 6) is -0.599. The fourth-order valence-corrected chi connectivity index (χ4v) is 3.15. The van der Waals surface area contributed by atoms with Gasteiger partial charge in [0.2, 0.25) is 0 Å². The first-order chi connectivity index (χ1) is 14.3. The molecular weight excluding hydrogens is 441 g/mol. The molecule has 0 aliphatic carbocycles. The van der Waals surface area contributed by atoms with Gasteiger partial charge in [0.25, 0.3) is 11.8 Å². The van der Waals surface area contributed by atoms with Crippen molar-refractivity contribution < 1.29 is 9.59 Å². The number of thiocarbonyl (C=S) groups is 1. The van der Waals surface area contributed by atoms with Crippen LogP contribution in [0.15, 0.2) is 66.7 Å². The molecule has 0 aliphatic heterocycles. The Morgan fingerprint density at radius 1 is 0.800 bits per heavy atom. The molecule has 0 unspecified atom stereocenters. The van der Waals surface area contributed by atoms with Gasteiger partial charge in [0, 0.05) is 22.5 Å². The van der Waals surface area contributed by atoms with Crippen LogP contribution >= 0.6 is 35.4 Å². The van der Waals surface area contributed by atoms with Crippen molar-refractivity contribution in [3.8, 4) is 0 Å². The summed E-state index contributed by atoms with van der Waals surface area (Å²) in [5, 5.41) is 9.20. The van der Waals surface area contributed by atoms with Crippen molar-refractivity contribution in [2.24, 2.45) is 0 Å². The standard InChI is InChI=1S/C22H17Cl2N3O2S/c1-13-11-16(8-10-19(13)26-20(28)14-5-3-2-4-6-14)25-22(30)27-21(29)15-7-9-17(23)18(24)12-15/h2-12H,1H3,(H,26,28)(H2,25,27,29,30).